The largest absolute Gasteiger partial charge is 0.376 e. The zero-order valence-corrected chi connectivity index (χ0v) is 7.69. The van der Waals surface area contributed by atoms with Gasteiger partial charge < -0.3 is 4.74 Å². The normalized spacial score (nSPS) is 11.0. The van der Waals surface area contributed by atoms with Crippen LogP contribution >= 0.6 is 0 Å². The zero-order valence-electron chi connectivity index (χ0n) is 7.69. The molecule has 0 unspecified atom stereocenters. The third-order valence-electron chi connectivity index (χ3n) is 1.64. The van der Waals surface area contributed by atoms with E-state index in [0.717, 1.165) is 12.8 Å². The Balaban J connectivity index is 2.82. The van der Waals surface area contributed by atoms with Crippen molar-refractivity contribution in [1.29, 1.82) is 0 Å². The summed E-state index contributed by atoms with van der Waals surface area (Å²) in [5.41, 5.74) is 0. The molecule has 0 aromatic heterocycles. The summed E-state index contributed by atoms with van der Waals surface area (Å²) in [6.45, 7) is 2.22. The van der Waals surface area contributed by atoms with Crippen molar-refractivity contribution in [2.45, 2.75) is 45.5 Å². The maximum Gasteiger partial charge on any atom is 0.261 e. The average molecular weight is 180 g/mol. The summed E-state index contributed by atoms with van der Waals surface area (Å²) < 4.78 is 27.8. The van der Waals surface area contributed by atoms with Gasteiger partial charge in [-0.05, 0) is 6.42 Å². The Bertz CT molecular complexity index is 86.6. The lowest BCUT2D eigenvalue weighted by atomic mass is 10.2. The van der Waals surface area contributed by atoms with Crippen molar-refractivity contribution >= 4 is 0 Å². The van der Waals surface area contributed by atoms with Crippen LogP contribution in [0.5, 0.6) is 0 Å². The monoisotopic (exact) mass is 180 g/mol. The van der Waals surface area contributed by atoms with Crippen LogP contribution in [0.2, 0.25) is 0 Å². The standard InChI is InChI=1S/C9H18F2O/c1-2-3-4-5-6-7-12-8-9(10)11/h9H,2-8H2,1H3. The minimum atomic E-state index is -2.32. The minimum absolute atomic E-state index is 0.409. The maximum atomic E-state index is 11.5. The van der Waals surface area contributed by atoms with Crippen LogP contribution in [0, 0.1) is 0 Å². The van der Waals surface area contributed by atoms with Gasteiger partial charge in [-0.25, -0.2) is 8.78 Å². The van der Waals surface area contributed by atoms with E-state index in [4.69, 9.17) is 4.74 Å². The zero-order chi connectivity index (χ0) is 9.23. The van der Waals surface area contributed by atoms with Crippen molar-refractivity contribution in [1.82, 2.24) is 0 Å². The van der Waals surface area contributed by atoms with Gasteiger partial charge >= 0.3 is 0 Å². The van der Waals surface area contributed by atoms with E-state index in [1.165, 1.54) is 19.3 Å². The number of hydrogen-bond acceptors (Lipinski definition) is 1. The molecule has 12 heavy (non-hydrogen) atoms. The van der Waals surface area contributed by atoms with E-state index in [1.54, 1.807) is 0 Å². The molecule has 0 saturated carbocycles. The number of halogens is 2. The van der Waals surface area contributed by atoms with Gasteiger partial charge in [-0.3, -0.25) is 0 Å². The number of ether oxygens (including phenoxy) is 1. The first-order valence-corrected chi connectivity index (χ1v) is 4.63. The second kappa shape index (κ2) is 8.91. The molecule has 0 fully saturated rings. The van der Waals surface area contributed by atoms with Crippen LogP contribution in [0.15, 0.2) is 0 Å². The highest BCUT2D eigenvalue weighted by Crippen LogP contribution is 2.02. The van der Waals surface area contributed by atoms with Crippen molar-refractivity contribution in [3.8, 4) is 0 Å². The lowest BCUT2D eigenvalue weighted by Gasteiger charge is -2.02. The minimum Gasteiger partial charge on any atom is -0.376 e. The molecule has 3 heteroatoms. The van der Waals surface area contributed by atoms with Gasteiger partial charge in [0.1, 0.15) is 6.61 Å². The molecule has 0 amide bonds. The fourth-order valence-corrected chi connectivity index (χ4v) is 0.980. The summed E-state index contributed by atoms with van der Waals surface area (Å²) >= 11 is 0. The van der Waals surface area contributed by atoms with E-state index in [1.807, 2.05) is 0 Å². The molecule has 0 heterocycles. The summed E-state index contributed by atoms with van der Waals surface area (Å²) in [4.78, 5) is 0. The Kier molecular flexibility index (Phi) is 8.78. The van der Waals surface area contributed by atoms with E-state index < -0.39 is 13.0 Å². The molecule has 0 aromatic carbocycles. The molecule has 0 rings (SSSR count). The van der Waals surface area contributed by atoms with Gasteiger partial charge in [-0.15, -0.1) is 0 Å². The van der Waals surface area contributed by atoms with E-state index >= 15 is 0 Å². The van der Waals surface area contributed by atoms with Crippen molar-refractivity contribution in [2.75, 3.05) is 13.2 Å². The highest BCUT2D eigenvalue weighted by atomic mass is 19.3. The van der Waals surface area contributed by atoms with Gasteiger partial charge in [0.2, 0.25) is 0 Å². The SMILES string of the molecule is CCCCCCCOCC(F)F. The first-order chi connectivity index (χ1) is 5.77. The number of rotatable bonds is 8. The van der Waals surface area contributed by atoms with E-state index in [-0.39, 0.29) is 0 Å². The lowest BCUT2D eigenvalue weighted by Crippen LogP contribution is -2.05. The highest BCUT2D eigenvalue weighted by molar-refractivity contribution is 4.42. The predicted octanol–water partition coefficient (Wildman–Crippen LogP) is 3.24. The molecule has 0 atom stereocenters. The van der Waals surface area contributed by atoms with E-state index in [0.29, 0.717) is 6.61 Å². The molecule has 74 valence electrons. The predicted molar refractivity (Wildman–Crippen MR) is 45.6 cm³/mol. The second-order valence-corrected chi connectivity index (χ2v) is 2.88. The van der Waals surface area contributed by atoms with Crippen LogP contribution in [0.3, 0.4) is 0 Å². The molecule has 0 aromatic rings. The van der Waals surface area contributed by atoms with Gasteiger partial charge in [-0.2, -0.15) is 0 Å². The lowest BCUT2D eigenvalue weighted by molar-refractivity contribution is 0.0162. The molecular formula is C9H18F2O. The van der Waals surface area contributed by atoms with E-state index in [9.17, 15) is 8.78 Å². The summed E-state index contributed by atoms with van der Waals surface area (Å²) in [5.74, 6) is 0. The maximum absolute atomic E-state index is 11.5. The second-order valence-electron chi connectivity index (χ2n) is 2.88. The van der Waals surface area contributed by atoms with Gasteiger partial charge in [0.25, 0.3) is 6.43 Å². The molecule has 0 spiro atoms. The van der Waals surface area contributed by atoms with Gasteiger partial charge in [0.15, 0.2) is 0 Å². The van der Waals surface area contributed by atoms with Crippen LogP contribution in [-0.2, 0) is 4.74 Å². The fourth-order valence-electron chi connectivity index (χ4n) is 0.980. The fraction of sp³-hybridized carbons (Fsp3) is 1.00. The first-order valence-electron chi connectivity index (χ1n) is 4.63. The third-order valence-corrected chi connectivity index (χ3v) is 1.64. The number of unbranched alkanes of at least 4 members (excludes halogenated alkanes) is 4. The molecule has 1 nitrogen and oxygen atoms in total. The van der Waals surface area contributed by atoms with E-state index in [2.05, 4.69) is 6.92 Å². The molecule has 0 N–H and O–H groups in total. The van der Waals surface area contributed by atoms with Crippen LogP contribution in [0.4, 0.5) is 8.78 Å². The summed E-state index contributed by atoms with van der Waals surface area (Å²) in [7, 11) is 0. The summed E-state index contributed by atoms with van der Waals surface area (Å²) in [6, 6.07) is 0. The number of alkyl halides is 2. The Morgan fingerprint density at radius 1 is 1.08 bits per heavy atom. The van der Waals surface area contributed by atoms with Crippen LogP contribution < -0.4 is 0 Å². The van der Waals surface area contributed by atoms with Crippen molar-refractivity contribution < 1.29 is 13.5 Å². The Morgan fingerprint density at radius 2 is 1.75 bits per heavy atom. The molecule has 0 radical (unpaired) electrons. The Labute approximate surface area is 73.1 Å². The third kappa shape index (κ3) is 9.82. The van der Waals surface area contributed by atoms with Crippen LogP contribution in [-0.4, -0.2) is 19.6 Å². The molecule has 0 aliphatic rings. The molecule has 0 saturated heterocycles. The van der Waals surface area contributed by atoms with Crippen molar-refractivity contribution in [3.63, 3.8) is 0 Å². The number of hydrogen-bond donors (Lipinski definition) is 0. The first kappa shape index (κ1) is 11.8. The Morgan fingerprint density at radius 3 is 2.33 bits per heavy atom. The van der Waals surface area contributed by atoms with Crippen LogP contribution in [0.25, 0.3) is 0 Å². The molecule has 0 aliphatic heterocycles. The molecular weight excluding hydrogens is 162 g/mol. The topological polar surface area (TPSA) is 9.23 Å². The van der Waals surface area contributed by atoms with Gasteiger partial charge in [0.05, 0.1) is 0 Å². The smallest absolute Gasteiger partial charge is 0.261 e. The summed E-state index contributed by atoms with van der Waals surface area (Å²) in [5, 5.41) is 0. The quantitative estimate of drug-likeness (QED) is 0.521. The Hall–Kier alpha value is -0.180. The molecule has 0 bridgehead atoms. The van der Waals surface area contributed by atoms with Crippen molar-refractivity contribution in [2.24, 2.45) is 0 Å². The highest BCUT2D eigenvalue weighted by Gasteiger charge is 2.00. The van der Waals surface area contributed by atoms with Gasteiger partial charge in [0, 0.05) is 6.61 Å². The summed E-state index contributed by atoms with van der Waals surface area (Å²) in [6.07, 6.45) is 3.31. The van der Waals surface area contributed by atoms with Crippen molar-refractivity contribution in [3.05, 3.63) is 0 Å². The van der Waals surface area contributed by atoms with Gasteiger partial charge in [-0.1, -0.05) is 32.6 Å². The molecule has 0 aliphatic carbocycles. The van der Waals surface area contributed by atoms with Crippen LogP contribution in [0.1, 0.15) is 39.0 Å². The average Bonchev–Trinajstić information content (AvgIpc) is 2.02.